The van der Waals surface area contributed by atoms with Gasteiger partial charge < -0.3 is 0 Å². The monoisotopic (exact) mass is 350 g/mol. The average molecular weight is 350 g/mol. The van der Waals surface area contributed by atoms with Crippen LogP contribution < -0.4 is 16.4 Å². The average Bonchev–Trinajstić information content (AvgIpc) is 2.59. The highest BCUT2D eigenvalue weighted by Gasteiger charge is 2.28. The number of hydrogen-bond donors (Lipinski definition) is 0. The van der Waals surface area contributed by atoms with Crippen molar-refractivity contribution in [2.24, 2.45) is 0 Å². The van der Waals surface area contributed by atoms with Gasteiger partial charge in [0.05, 0.1) is 0 Å². The molecule has 3 aromatic carbocycles. The molecule has 134 valence electrons. The minimum Gasteiger partial charge on any atom is -0.115 e. The molecule has 0 nitrogen and oxygen atoms in total. The standard InChI is InChI=1S/C26H27B/c1-8-23-9-11-24(12-10-23)27(25-19(4)13-17(2)14-20(25)5)26-21(6)15-18(3)16-22(26)7/h1,9-16H,2-7H3. The molecule has 0 aromatic heterocycles. The third-order valence-electron chi connectivity index (χ3n) is 5.46. The first kappa shape index (κ1) is 19.1. The molecule has 0 saturated carbocycles. The zero-order chi connectivity index (χ0) is 19.7. The van der Waals surface area contributed by atoms with Crippen LogP contribution in [0.1, 0.15) is 38.9 Å². The van der Waals surface area contributed by atoms with Gasteiger partial charge in [-0.15, -0.1) is 6.42 Å². The van der Waals surface area contributed by atoms with Crippen molar-refractivity contribution in [1.29, 1.82) is 0 Å². The zero-order valence-corrected chi connectivity index (χ0v) is 17.3. The van der Waals surface area contributed by atoms with Gasteiger partial charge in [0.15, 0.2) is 0 Å². The molecule has 0 spiro atoms. The van der Waals surface area contributed by atoms with Gasteiger partial charge in [-0.25, -0.2) is 0 Å². The maximum Gasteiger partial charge on any atom is 0.242 e. The summed E-state index contributed by atoms with van der Waals surface area (Å²) in [7, 11) is 0. The summed E-state index contributed by atoms with van der Waals surface area (Å²) in [6.45, 7) is 13.5. The molecule has 0 aliphatic rings. The van der Waals surface area contributed by atoms with E-state index in [0.717, 1.165) is 5.56 Å². The molecule has 0 aliphatic carbocycles. The van der Waals surface area contributed by atoms with Crippen LogP contribution in [0.15, 0.2) is 48.5 Å². The second-order valence-electron chi connectivity index (χ2n) is 7.82. The first-order valence-electron chi connectivity index (χ1n) is 9.54. The molecule has 0 unspecified atom stereocenters. The van der Waals surface area contributed by atoms with E-state index in [0.29, 0.717) is 0 Å². The van der Waals surface area contributed by atoms with Crippen LogP contribution in [0.3, 0.4) is 0 Å². The first-order chi connectivity index (χ1) is 12.8. The van der Waals surface area contributed by atoms with Gasteiger partial charge in [-0.05, 0) is 53.7 Å². The normalized spacial score (nSPS) is 10.6. The van der Waals surface area contributed by atoms with Crippen molar-refractivity contribution in [2.45, 2.75) is 41.5 Å². The van der Waals surface area contributed by atoms with Crippen molar-refractivity contribution < 1.29 is 0 Å². The summed E-state index contributed by atoms with van der Waals surface area (Å²) in [5.74, 6) is 2.73. The molecule has 0 N–H and O–H groups in total. The van der Waals surface area contributed by atoms with E-state index in [4.69, 9.17) is 6.42 Å². The lowest BCUT2D eigenvalue weighted by molar-refractivity contribution is 1.34. The molecule has 0 atom stereocenters. The summed E-state index contributed by atoms with van der Waals surface area (Å²) in [5.41, 5.74) is 13.0. The lowest BCUT2D eigenvalue weighted by Crippen LogP contribution is -2.55. The van der Waals surface area contributed by atoms with Crippen molar-refractivity contribution in [1.82, 2.24) is 0 Å². The maximum atomic E-state index is 5.58. The summed E-state index contributed by atoms with van der Waals surface area (Å²) in [4.78, 5) is 0. The molecule has 0 radical (unpaired) electrons. The van der Waals surface area contributed by atoms with Gasteiger partial charge in [-0.2, -0.15) is 0 Å². The first-order valence-corrected chi connectivity index (χ1v) is 9.54. The van der Waals surface area contributed by atoms with Gasteiger partial charge in [0.25, 0.3) is 0 Å². The Hall–Kier alpha value is -2.72. The molecular weight excluding hydrogens is 323 g/mol. The molecule has 0 amide bonds. The largest absolute Gasteiger partial charge is 0.242 e. The summed E-state index contributed by atoms with van der Waals surface area (Å²) in [6.07, 6.45) is 5.58. The quantitative estimate of drug-likeness (QED) is 0.494. The smallest absolute Gasteiger partial charge is 0.115 e. The van der Waals surface area contributed by atoms with Crippen LogP contribution >= 0.6 is 0 Å². The van der Waals surface area contributed by atoms with Gasteiger partial charge in [0, 0.05) is 5.56 Å². The Kier molecular flexibility index (Phi) is 5.29. The summed E-state index contributed by atoms with van der Waals surface area (Å²) >= 11 is 0. The zero-order valence-electron chi connectivity index (χ0n) is 17.3. The number of terminal acetylenes is 1. The summed E-state index contributed by atoms with van der Waals surface area (Å²) in [6, 6.07) is 17.7. The van der Waals surface area contributed by atoms with Crippen LogP contribution in [0.5, 0.6) is 0 Å². The molecule has 3 rings (SSSR count). The Morgan fingerprint density at radius 1 is 0.630 bits per heavy atom. The van der Waals surface area contributed by atoms with Crippen molar-refractivity contribution >= 4 is 23.1 Å². The Morgan fingerprint density at radius 2 is 1.00 bits per heavy atom. The molecule has 0 saturated heterocycles. The fourth-order valence-corrected chi connectivity index (χ4v) is 4.54. The third kappa shape index (κ3) is 3.72. The predicted octanol–water partition coefficient (Wildman–Crippen LogP) is 4.03. The van der Waals surface area contributed by atoms with Crippen molar-refractivity contribution in [2.75, 3.05) is 0 Å². The SMILES string of the molecule is C#Cc1ccc(B(c2c(C)cc(C)cc2C)c2c(C)cc(C)cc2C)cc1. The second-order valence-corrected chi connectivity index (χ2v) is 7.82. The minimum absolute atomic E-state index is 0.207. The Morgan fingerprint density at radius 3 is 1.33 bits per heavy atom. The third-order valence-corrected chi connectivity index (χ3v) is 5.46. The molecule has 0 heterocycles. The van der Waals surface area contributed by atoms with Crippen LogP contribution in [0.25, 0.3) is 0 Å². The second kappa shape index (κ2) is 7.49. The van der Waals surface area contributed by atoms with E-state index in [9.17, 15) is 0 Å². The number of hydrogen-bond acceptors (Lipinski definition) is 0. The van der Waals surface area contributed by atoms with E-state index in [-0.39, 0.29) is 6.71 Å². The van der Waals surface area contributed by atoms with Crippen molar-refractivity contribution in [3.8, 4) is 12.3 Å². The van der Waals surface area contributed by atoms with Crippen LogP contribution in [0.4, 0.5) is 0 Å². The van der Waals surface area contributed by atoms with Crippen LogP contribution in [0.2, 0.25) is 0 Å². The Labute approximate surface area is 164 Å². The fourth-order valence-electron chi connectivity index (χ4n) is 4.54. The minimum atomic E-state index is 0.207. The molecule has 0 fully saturated rings. The molecule has 0 aliphatic heterocycles. The summed E-state index contributed by atoms with van der Waals surface area (Å²) in [5, 5.41) is 0. The fraction of sp³-hybridized carbons (Fsp3) is 0.231. The Bertz CT molecular complexity index is 929. The predicted molar refractivity (Wildman–Crippen MR) is 120 cm³/mol. The van der Waals surface area contributed by atoms with Gasteiger partial charge in [-0.3, -0.25) is 0 Å². The number of benzene rings is 3. The molecule has 3 aromatic rings. The maximum absolute atomic E-state index is 5.58. The van der Waals surface area contributed by atoms with E-state index in [1.165, 1.54) is 49.8 Å². The molecular formula is C26H27B. The number of rotatable bonds is 3. The van der Waals surface area contributed by atoms with Crippen LogP contribution in [-0.2, 0) is 0 Å². The van der Waals surface area contributed by atoms with E-state index < -0.39 is 0 Å². The van der Waals surface area contributed by atoms with Crippen LogP contribution in [0, 0.1) is 53.9 Å². The Balaban J connectivity index is 2.33. The van der Waals surface area contributed by atoms with E-state index in [1.807, 2.05) is 0 Å². The highest BCUT2D eigenvalue weighted by atomic mass is 14.1. The molecule has 27 heavy (non-hydrogen) atoms. The van der Waals surface area contributed by atoms with Crippen molar-refractivity contribution in [3.05, 3.63) is 87.5 Å². The summed E-state index contributed by atoms with van der Waals surface area (Å²) < 4.78 is 0. The van der Waals surface area contributed by atoms with Gasteiger partial charge in [-0.1, -0.05) is 92.1 Å². The van der Waals surface area contributed by atoms with Crippen molar-refractivity contribution in [3.63, 3.8) is 0 Å². The van der Waals surface area contributed by atoms with E-state index >= 15 is 0 Å². The van der Waals surface area contributed by atoms with E-state index in [2.05, 4.69) is 96.0 Å². The highest BCUT2D eigenvalue weighted by Crippen LogP contribution is 2.13. The highest BCUT2D eigenvalue weighted by molar-refractivity contribution is 6.96. The lowest BCUT2D eigenvalue weighted by atomic mass is 9.34. The molecule has 1 heteroatoms. The van der Waals surface area contributed by atoms with Crippen LogP contribution in [-0.4, -0.2) is 6.71 Å². The molecule has 0 bridgehead atoms. The lowest BCUT2D eigenvalue weighted by Gasteiger charge is -2.24. The topological polar surface area (TPSA) is 0 Å². The van der Waals surface area contributed by atoms with E-state index in [1.54, 1.807) is 0 Å². The van der Waals surface area contributed by atoms with Gasteiger partial charge in [0.2, 0.25) is 6.71 Å². The number of aryl methyl sites for hydroxylation is 6. The van der Waals surface area contributed by atoms with Gasteiger partial charge in [0.1, 0.15) is 0 Å². The van der Waals surface area contributed by atoms with Gasteiger partial charge >= 0.3 is 0 Å².